The van der Waals surface area contributed by atoms with Crippen LogP contribution in [0, 0.1) is 13.8 Å². The minimum absolute atomic E-state index is 0.588. The van der Waals surface area contributed by atoms with Gasteiger partial charge in [0.1, 0.15) is 5.69 Å². The second kappa shape index (κ2) is 9.75. The molecule has 0 amide bonds. The van der Waals surface area contributed by atoms with Gasteiger partial charge >= 0.3 is 0 Å². The van der Waals surface area contributed by atoms with Gasteiger partial charge in [-0.05, 0) is 55.2 Å². The summed E-state index contributed by atoms with van der Waals surface area (Å²) in [6.07, 6.45) is 4.40. The van der Waals surface area contributed by atoms with Crippen molar-refractivity contribution in [2.75, 3.05) is 0 Å². The lowest BCUT2D eigenvalue weighted by molar-refractivity contribution is 0.664. The van der Waals surface area contributed by atoms with Crippen LogP contribution >= 0.6 is 11.6 Å². The van der Waals surface area contributed by atoms with E-state index in [-0.39, 0.29) is 0 Å². The summed E-state index contributed by atoms with van der Waals surface area (Å²) in [7, 11) is 0. The van der Waals surface area contributed by atoms with E-state index in [9.17, 15) is 0 Å². The summed E-state index contributed by atoms with van der Waals surface area (Å²) in [5.74, 6) is 0.667. The number of aromatic amines is 1. The number of hydrogen-bond acceptors (Lipinski definition) is 4. The summed E-state index contributed by atoms with van der Waals surface area (Å²) in [4.78, 5) is 16.0. The smallest absolute Gasteiger partial charge is 0.197 e. The fourth-order valence-electron chi connectivity index (χ4n) is 3.34. The highest BCUT2D eigenvalue weighted by atomic mass is 35.5. The Morgan fingerprint density at radius 3 is 2.47 bits per heavy atom. The van der Waals surface area contributed by atoms with Gasteiger partial charge in [0.2, 0.25) is 0 Å². The number of hydrogen-bond donors (Lipinski definition) is 1. The highest BCUT2D eigenvalue weighted by molar-refractivity contribution is 6.30. The third-order valence-corrected chi connectivity index (χ3v) is 5.47. The molecular weight excluding hydrogens is 420 g/mol. The monoisotopic (exact) mass is 444 g/mol. The van der Waals surface area contributed by atoms with Crippen LogP contribution in [0.1, 0.15) is 29.3 Å². The Morgan fingerprint density at radius 1 is 0.969 bits per heavy atom. The van der Waals surface area contributed by atoms with Gasteiger partial charge in [-0.2, -0.15) is 5.10 Å². The van der Waals surface area contributed by atoms with Crippen LogP contribution in [0.25, 0.3) is 22.8 Å². The number of benzene rings is 2. The lowest BCUT2D eigenvalue weighted by atomic mass is 10.1. The fourth-order valence-corrected chi connectivity index (χ4v) is 3.53. The predicted molar refractivity (Wildman–Crippen MR) is 129 cm³/mol. The van der Waals surface area contributed by atoms with Crippen molar-refractivity contribution >= 4 is 22.9 Å². The molecule has 0 spiro atoms. The number of imidazole rings is 1. The topological polar surface area (TPSA) is 72.3 Å². The number of aryl methyl sites for hydroxylation is 3. The van der Waals surface area contributed by atoms with E-state index in [0.29, 0.717) is 23.7 Å². The van der Waals surface area contributed by atoms with Gasteiger partial charge in [0.05, 0.1) is 6.54 Å². The molecule has 0 aliphatic carbocycles. The number of nitrogens with one attached hydrogen (secondary N) is 1. The van der Waals surface area contributed by atoms with Gasteiger partial charge in [-0.25, -0.2) is 15.0 Å². The largest absolute Gasteiger partial charge is 0.320 e. The van der Waals surface area contributed by atoms with Crippen LogP contribution in [0.5, 0.6) is 0 Å². The zero-order valence-electron chi connectivity index (χ0n) is 18.4. The van der Waals surface area contributed by atoms with Crippen LogP contribution in [-0.2, 0) is 13.0 Å². The molecule has 0 bridgehead atoms. The summed E-state index contributed by atoms with van der Waals surface area (Å²) in [5.41, 5.74) is 6.81. The molecule has 5 rings (SSSR count). The van der Waals surface area contributed by atoms with Gasteiger partial charge in [0.25, 0.3) is 0 Å². The lowest BCUT2D eigenvalue weighted by Gasteiger charge is -2.08. The van der Waals surface area contributed by atoms with Crippen LogP contribution in [0.15, 0.2) is 67.0 Å². The highest BCUT2D eigenvalue weighted by Gasteiger charge is 2.13. The van der Waals surface area contributed by atoms with Crippen LogP contribution < -0.4 is 0 Å². The van der Waals surface area contributed by atoms with E-state index in [0.717, 1.165) is 28.4 Å². The van der Waals surface area contributed by atoms with Crippen molar-refractivity contribution < 1.29 is 0 Å². The number of rotatable bonds is 4. The summed E-state index contributed by atoms with van der Waals surface area (Å²) in [6, 6.07) is 18.4. The van der Waals surface area contributed by atoms with E-state index in [4.69, 9.17) is 11.6 Å². The van der Waals surface area contributed by atoms with Crippen LogP contribution in [0.4, 0.5) is 0 Å². The van der Waals surface area contributed by atoms with E-state index in [1.807, 2.05) is 41.9 Å². The maximum Gasteiger partial charge on any atom is 0.197 e. The van der Waals surface area contributed by atoms with Crippen molar-refractivity contribution in [1.82, 2.24) is 29.7 Å². The highest BCUT2D eigenvalue weighted by Crippen LogP contribution is 2.21. The molecule has 0 saturated carbocycles. The van der Waals surface area contributed by atoms with E-state index in [1.165, 1.54) is 11.1 Å². The van der Waals surface area contributed by atoms with E-state index >= 15 is 0 Å². The van der Waals surface area contributed by atoms with Crippen molar-refractivity contribution in [2.45, 2.75) is 33.7 Å². The van der Waals surface area contributed by atoms with E-state index in [1.54, 1.807) is 12.4 Å². The Hall–Kier alpha value is -3.51. The Morgan fingerprint density at radius 2 is 1.75 bits per heavy atom. The normalized spacial score (nSPS) is 10.8. The maximum absolute atomic E-state index is 6.11. The molecule has 0 aliphatic rings. The quantitative estimate of drug-likeness (QED) is 0.381. The van der Waals surface area contributed by atoms with Crippen molar-refractivity contribution in [3.05, 3.63) is 94.4 Å². The zero-order valence-corrected chi connectivity index (χ0v) is 19.1. The molecule has 3 heterocycles. The van der Waals surface area contributed by atoms with Crippen molar-refractivity contribution in [3.8, 4) is 11.5 Å². The molecule has 0 radical (unpaired) electrons. The molecular formula is C25H25ClN6. The first-order chi connectivity index (χ1) is 15.5. The zero-order chi connectivity index (χ0) is 22.5. The Labute approximate surface area is 192 Å². The Balaban J connectivity index is 0.000000260. The van der Waals surface area contributed by atoms with Gasteiger partial charge in [-0.15, -0.1) is 0 Å². The van der Waals surface area contributed by atoms with E-state index in [2.05, 4.69) is 63.1 Å². The lowest BCUT2D eigenvalue weighted by Crippen LogP contribution is -2.05. The Bertz CT molecular complexity index is 1290. The van der Waals surface area contributed by atoms with Crippen molar-refractivity contribution in [1.29, 1.82) is 0 Å². The second-order valence-electron chi connectivity index (χ2n) is 7.55. The SMILES string of the molecule is CCc1ccccc1.Cc1ccc(Cl)cc1Cn1nc(-c2nc3nccnc3[nH]2)cc1C. The average molecular weight is 445 g/mol. The molecule has 5 aromatic rings. The average Bonchev–Trinajstić information content (AvgIpc) is 3.41. The van der Waals surface area contributed by atoms with E-state index < -0.39 is 0 Å². The van der Waals surface area contributed by atoms with Crippen molar-refractivity contribution in [3.63, 3.8) is 0 Å². The van der Waals surface area contributed by atoms with Gasteiger partial charge < -0.3 is 4.98 Å². The summed E-state index contributed by atoms with van der Waals surface area (Å²) in [5, 5.41) is 5.40. The molecule has 6 nitrogen and oxygen atoms in total. The first kappa shape index (κ1) is 21.7. The van der Waals surface area contributed by atoms with Gasteiger partial charge in [0.15, 0.2) is 17.1 Å². The summed E-state index contributed by atoms with van der Waals surface area (Å²) in [6.45, 7) is 6.92. The molecule has 1 N–H and O–H groups in total. The third-order valence-electron chi connectivity index (χ3n) is 5.24. The standard InChI is InChI=1S/C17H15ClN6.C8H10/c1-10-3-4-13(18)8-12(10)9-24-11(2)7-14(23-24)15-21-16-17(22-15)20-6-5-19-16;1-2-8-6-4-3-5-7-8/h3-8H,9H2,1-2H3,(H,19,20,21,22);3-7H,2H2,1H3. The number of aromatic nitrogens is 6. The first-order valence-electron chi connectivity index (χ1n) is 10.5. The minimum atomic E-state index is 0.588. The second-order valence-corrected chi connectivity index (χ2v) is 7.99. The summed E-state index contributed by atoms with van der Waals surface area (Å²) < 4.78 is 1.95. The van der Waals surface area contributed by atoms with Crippen LogP contribution in [-0.4, -0.2) is 29.7 Å². The van der Waals surface area contributed by atoms with Gasteiger partial charge in [-0.3, -0.25) is 4.68 Å². The van der Waals surface area contributed by atoms with Crippen LogP contribution in [0.2, 0.25) is 5.02 Å². The van der Waals surface area contributed by atoms with Gasteiger partial charge in [0, 0.05) is 23.1 Å². The number of halogens is 1. The predicted octanol–water partition coefficient (Wildman–Crippen LogP) is 5.78. The molecule has 2 aromatic carbocycles. The number of H-pyrrole nitrogens is 1. The molecule has 3 aromatic heterocycles. The number of nitrogens with zero attached hydrogens (tertiary/aromatic N) is 5. The third kappa shape index (κ3) is 5.03. The summed E-state index contributed by atoms with van der Waals surface area (Å²) >= 11 is 6.11. The fraction of sp³-hybridized carbons (Fsp3) is 0.200. The minimum Gasteiger partial charge on any atom is -0.320 e. The molecule has 0 atom stereocenters. The molecule has 0 unspecified atom stereocenters. The van der Waals surface area contributed by atoms with Crippen LogP contribution in [0.3, 0.4) is 0 Å². The Kier molecular flexibility index (Phi) is 6.61. The molecule has 0 aliphatic heterocycles. The molecule has 32 heavy (non-hydrogen) atoms. The van der Waals surface area contributed by atoms with Gasteiger partial charge in [-0.1, -0.05) is 54.9 Å². The number of fused-ring (bicyclic) bond motifs is 1. The molecule has 7 heteroatoms. The van der Waals surface area contributed by atoms with Crippen molar-refractivity contribution in [2.24, 2.45) is 0 Å². The molecule has 0 fully saturated rings. The molecule has 0 saturated heterocycles. The first-order valence-corrected chi connectivity index (χ1v) is 10.9. The maximum atomic E-state index is 6.11. The molecule has 162 valence electrons.